The van der Waals surface area contributed by atoms with E-state index in [4.69, 9.17) is 0 Å². The summed E-state index contributed by atoms with van der Waals surface area (Å²) in [5.74, 6) is 0. The van der Waals surface area contributed by atoms with Gasteiger partial charge in [0, 0.05) is 0 Å². The Morgan fingerprint density at radius 2 is 1.15 bits per heavy atom. The predicted octanol–water partition coefficient (Wildman–Crippen LogP) is 4.14. The van der Waals surface area contributed by atoms with Gasteiger partial charge in [-0.1, -0.05) is 0 Å². The third kappa shape index (κ3) is 3.41. The third-order valence-electron chi connectivity index (χ3n) is 4.50. The van der Waals surface area contributed by atoms with Crippen molar-refractivity contribution in [2.24, 2.45) is 0 Å². The summed E-state index contributed by atoms with van der Waals surface area (Å²) in [6, 6.07) is 34.8. The third-order valence-corrected chi connectivity index (χ3v) is 11.8. The molecular formula is C23H19OPSe. The van der Waals surface area contributed by atoms with Gasteiger partial charge in [-0.15, -0.1) is 0 Å². The number of rotatable bonds is 5. The van der Waals surface area contributed by atoms with Gasteiger partial charge in [-0.3, -0.25) is 0 Å². The summed E-state index contributed by atoms with van der Waals surface area (Å²) in [6.07, 6.45) is 0. The summed E-state index contributed by atoms with van der Waals surface area (Å²) in [4.78, 5) is 0. The Balaban J connectivity index is 1.73. The van der Waals surface area contributed by atoms with Crippen molar-refractivity contribution in [1.82, 2.24) is 0 Å². The molecule has 0 N–H and O–H groups in total. The first-order valence-corrected chi connectivity index (χ1v) is 12.5. The molecule has 4 aromatic rings. The fourth-order valence-electron chi connectivity index (χ4n) is 3.12. The van der Waals surface area contributed by atoms with Crippen molar-refractivity contribution in [1.29, 1.82) is 0 Å². The monoisotopic (exact) mass is 422 g/mol. The van der Waals surface area contributed by atoms with E-state index in [1.807, 2.05) is 60.7 Å². The van der Waals surface area contributed by atoms with Crippen molar-refractivity contribution in [3.8, 4) is 0 Å². The standard InChI is InChI=1S/C23H19OPSe/c24-25(20-12-3-1-4-13-20,21-14-5-2-6-15-21)18-26-23-17-9-11-19-10-7-8-16-22(19)23/h1-17H,18H2. The molecule has 0 amide bonds. The van der Waals surface area contributed by atoms with Crippen molar-refractivity contribution >= 4 is 47.9 Å². The molecule has 0 aliphatic heterocycles. The Labute approximate surface area is 160 Å². The molecule has 1 nitrogen and oxygen atoms in total. The second kappa shape index (κ2) is 7.64. The van der Waals surface area contributed by atoms with Crippen LogP contribution in [0.4, 0.5) is 0 Å². The molecule has 0 spiro atoms. The van der Waals surface area contributed by atoms with Crippen molar-refractivity contribution in [2.45, 2.75) is 0 Å². The molecule has 3 heteroatoms. The van der Waals surface area contributed by atoms with Crippen LogP contribution in [0, 0.1) is 0 Å². The molecule has 0 atom stereocenters. The van der Waals surface area contributed by atoms with E-state index in [0.717, 1.165) is 10.6 Å². The van der Waals surface area contributed by atoms with Gasteiger partial charge in [-0.2, -0.15) is 0 Å². The van der Waals surface area contributed by atoms with E-state index in [1.165, 1.54) is 15.2 Å². The van der Waals surface area contributed by atoms with E-state index in [0.29, 0.717) is 5.06 Å². The first-order chi connectivity index (χ1) is 12.8. The molecule has 0 fully saturated rings. The van der Waals surface area contributed by atoms with E-state index in [2.05, 4.69) is 42.5 Å². The summed E-state index contributed by atoms with van der Waals surface area (Å²) in [6.45, 7) is 0. The Morgan fingerprint density at radius 3 is 1.81 bits per heavy atom. The van der Waals surface area contributed by atoms with E-state index in [-0.39, 0.29) is 15.0 Å². The minimum atomic E-state index is -2.64. The summed E-state index contributed by atoms with van der Waals surface area (Å²) in [5.41, 5.74) is 0. The first kappa shape index (κ1) is 17.3. The molecule has 0 heterocycles. The molecule has 0 saturated heterocycles. The fraction of sp³-hybridized carbons (Fsp3) is 0.0435. The Hall–Kier alpha value is -2.11. The Bertz CT molecular complexity index is 1010. The zero-order valence-corrected chi connectivity index (χ0v) is 16.9. The van der Waals surface area contributed by atoms with Gasteiger partial charge in [-0.25, -0.2) is 0 Å². The molecule has 4 aromatic carbocycles. The zero-order valence-electron chi connectivity index (χ0n) is 14.3. The van der Waals surface area contributed by atoms with Gasteiger partial charge in [0.25, 0.3) is 0 Å². The minimum absolute atomic E-state index is 0.127. The van der Waals surface area contributed by atoms with Crippen LogP contribution in [0.2, 0.25) is 0 Å². The van der Waals surface area contributed by atoms with Gasteiger partial charge in [0.1, 0.15) is 0 Å². The zero-order chi connectivity index (χ0) is 17.8. The predicted molar refractivity (Wildman–Crippen MR) is 114 cm³/mol. The molecule has 26 heavy (non-hydrogen) atoms. The molecule has 4 rings (SSSR count). The summed E-state index contributed by atoms with van der Waals surface area (Å²) >= 11 is 0.127. The average Bonchev–Trinajstić information content (AvgIpc) is 2.73. The molecule has 0 aliphatic rings. The fourth-order valence-corrected chi connectivity index (χ4v) is 10.3. The molecular weight excluding hydrogens is 402 g/mol. The summed E-state index contributed by atoms with van der Waals surface area (Å²) in [7, 11) is -2.64. The van der Waals surface area contributed by atoms with Gasteiger partial charge in [0.2, 0.25) is 0 Å². The first-order valence-electron chi connectivity index (χ1n) is 8.58. The van der Waals surface area contributed by atoms with Crippen LogP contribution in [-0.4, -0.2) is 20.0 Å². The van der Waals surface area contributed by atoms with Crippen LogP contribution < -0.4 is 15.1 Å². The van der Waals surface area contributed by atoms with Crippen LogP contribution in [0.3, 0.4) is 0 Å². The van der Waals surface area contributed by atoms with Gasteiger partial charge in [0.15, 0.2) is 0 Å². The maximum absolute atomic E-state index is 14.1. The number of hydrogen-bond acceptors (Lipinski definition) is 1. The molecule has 0 unspecified atom stereocenters. The van der Waals surface area contributed by atoms with E-state index < -0.39 is 7.14 Å². The second-order valence-electron chi connectivity index (χ2n) is 6.16. The van der Waals surface area contributed by atoms with Crippen molar-refractivity contribution in [2.75, 3.05) is 5.06 Å². The van der Waals surface area contributed by atoms with Gasteiger partial charge in [-0.05, 0) is 0 Å². The van der Waals surface area contributed by atoms with Crippen LogP contribution >= 0.6 is 7.14 Å². The average molecular weight is 421 g/mol. The van der Waals surface area contributed by atoms with Crippen LogP contribution in [0.15, 0.2) is 103 Å². The number of benzene rings is 4. The maximum atomic E-state index is 14.1. The number of fused-ring (bicyclic) bond motifs is 1. The molecule has 0 bridgehead atoms. The quantitative estimate of drug-likeness (QED) is 0.350. The van der Waals surface area contributed by atoms with Crippen molar-refractivity contribution in [3.05, 3.63) is 103 Å². The van der Waals surface area contributed by atoms with Crippen LogP contribution in [0.5, 0.6) is 0 Å². The number of hydrogen-bond donors (Lipinski definition) is 0. The van der Waals surface area contributed by atoms with E-state index in [1.54, 1.807) is 0 Å². The Morgan fingerprint density at radius 1 is 0.615 bits per heavy atom. The van der Waals surface area contributed by atoms with Crippen molar-refractivity contribution in [3.63, 3.8) is 0 Å². The van der Waals surface area contributed by atoms with E-state index >= 15 is 0 Å². The Kier molecular flexibility index (Phi) is 5.09. The van der Waals surface area contributed by atoms with Crippen LogP contribution in [0.25, 0.3) is 10.8 Å². The van der Waals surface area contributed by atoms with Gasteiger partial charge < -0.3 is 0 Å². The summed E-state index contributed by atoms with van der Waals surface area (Å²) in [5, 5.41) is 5.13. The normalized spacial score (nSPS) is 11.5. The van der Waals surface area contributed by atoms with Gasteiger partial charge >= 0.3 is 161 Å². The SMILES string of the molecule is O=P(C[Se]c1cccc2ccccc12)(c1ccccc1)c1ccccc1. The van der Waals surface area contributed by atoms with E-state index in [9.17, 15) is 4.57 Å². The van der Waals surface area contributed by atoms with Crippen LogP contribution in [0.1, 0.15) is 0 Å². The van der Waals surface area contributed by atoms with Crippen molar-refractivity contribution < 1.29 is 4.57 Å². The van der Waals surface area contributed by atoms with Crippen LogP contribution in [-0.2, 0) is 4.57 Å². The molecule has 128 valence electrons. The molecule has 0 saturated carbocycles. The summed E-state index contributed by atoms with van der Waals surface area (Å²) < 4.78 is 15.5. The van der Waals surface area contributed by atoms with Gasteiger partial charge in [0.05, 0.1) is 0 Å². The molecule has 0 aliphatic carbocycles. The molecule has 0 aromatic heterocycles. The second-order valence-corrected chi connectivity index (χ2v) is 12.1. The topological polar surface area (TPSA) is 17.1 Å². The molecule has 0 radical (unpaired) electrons.